The van der Waals surface area contributed by atoms with Gasteiger partial charge in [-0.2, -0.15) is 0 Å². The van der Waals surface area contributed by atoms with E-state index in [1.54, 1.807) is 32.0 Å². The van der Waals surface area contributed by atoms with E-state index < -0.39 is 11.4 Å². The van der Waals surface area contributed by atoms with Gasteiger partial charge in [-0.15, -0.1) is 0 Å². The summed E-state index contributed by atoms with van der Waals surface area (Å²) in [5.74, 6) is -1.07. The van der Waals surface area contributed by atoms with Crippen molar-refractivity contribution >= 4 is 27.8 Å². The first-order valence-corrected chi connectivity index (χ1v) is 6.40. The van der Waals surface area contributed by atoms with E-state index in [9.17, 15) is 9.59 Å². The molecule has 0 saturated carbocycles. The highest BCUT2D eigenvalue weighted by molar-refractivity contribution is 9.10. The van der Waals surface area contributed by atoms with E-state index in [0.717, 1.165) is 4.47 Å². The van der Waals surface area contributed by atoms with Crippen LogP contribution in [0.2, 0.25) is 0 Å². The minimum absolute atomic E-state index is 0.205. The standard InChI is InChI=1S/C13H16BrNO3/c1-13(2,12(17)18)7-8-15-11(16)9-5-3-4-6-10(9)14/h3-6H,7-8H2,1-2H3,(H,15,16)(H,17,18). The van der Waals surface area contributed by atoms with Gasteiger partial charge in [0.25, 0.3) is 5.91 Å². The molecular formula is C13H16BrNO3. The number of amides is 1. The molecule has 0 aliphatic rings. The lowest BCUT2D eigenvalue weighted by molar-refractivity contribution is -0.147. The molecule has 2 N–H and O–H groups in total. The molecular weight excluding hydrogens is 298 g/mol. The van der Waals surface area contributed by atoms with Gasteiger partial charge in [0, 0.05) is 11.0 Å². The Hall–Kier alpha value is -1.36. The molecule has 5 heteroatoms. The first-order valence-electron chi connectivity index (χ1n) is 5.61. The Morgan fingerprint density at radius 3 is 2.50 bits per heavy atom. The number of benzene rings is 1. The van der Waals surface area contributed by atoms with Crippen molar-refractivity contribution in [1.29, 1.82) is 0 Å². The maximum absolute atomic E-state index is 11.8. The van der Waals surface area contributed by atoms with Crippen LogP contribution < -0.4 is 5.32 Å². The van der Waals surface area contributed by atoms with Crippen molar-refractivity contribution in [3.8, 4) is 0 Å². The molecule has 18 heavy (non-hydrogen) atoms. The maximum atomic E-state index is 11.8. The molecule has 0 bridgehead atoms. The molecule has 0 aliphatic heterocycles. The number of carbonyl (C=O) groups excluding carboxylic acids is 1. The van der Waals surface area contributed by atoms with Crippen LogP contribution in [0.1, 0.15) is 30.6 Å². The van der Waals surface area contributed by atoms with Gasteiger partial charge in [0.15, 0.2) is 0 Å². The van der Waals surface area contributed by atoms with Crippen LogP contribution in [0.15, 0.2) is 28.7 Å². The second-order valence-electron chi connectivity index (χ2n) is 4.67. The summed E-state index contributed by atoms with van der Waals surface area (Å²) in [6.45, 7) is 3.61. The number of rotatable bonds is 5. The van der Waals surface area contributed by atoms with E-state index in [-0.39, 0.29) is 5.91 Å². The minimum atomic E-state index is -0.863. The summed E-state index contributed by atoms with van der Waals surface area (Å²) in [7, 11) is 0. The Balaban J connectivity index is 2.53. The zero-order valence-corrected chi connectivity index (χ0v) is 12.0. The Bertz CT molecular complexity index is 457. The van der Waals surface area contributed by atoms with Crippen molar-refractivity contribution < 1.29 is 14.7 Å². The van der Waals surface area contributed by atoms with Crippen molar-refractivity contribution in [2.75, 3.05) is 6.54 Å². The van der Waals surface area contributed by atoms with Gasteiger partial charge in [0.1, 0.15) is 0 Å². The Kier molecular flexibility index (Phi) is 4.90. The van der Waals surface area contributed by atoms with Gasteiger partial charge in [-0.25, -0.2) is 0 Å². The second kappa shape index (κ2) is 6.00. The topological polar surface area (TPSA) is 66.4 Å². The SMILES string of the molecule is CC(C)(CCNC(=O)c1ccccc1Br)C(=O)O. The lowest BCUT2D eigenvalue weighted by Gasteiger charge is -2.19. The average Bonchev–Trinajstić information content (AvgIpc) is 2.29. The van der Waals surface area contributed by atoms with Crippen LogP contribution in [-0.2, 0) is 4.79 Å². The van der Waals surface area contributed by atoms with Gasteiger partial charge >= 0.3 is 5.97 Å². The predicted molar refractivity (Wildman–Crippen MR) is 72.5 cm³/mol. The summed E-state index contributed by atoms with van der Waals surface area (Å²) >= 11 is 3.30. The summed E-state index contributed by atoms with van der Waals surface area (Å²) in [5.41, 5.74) is -0.285. The van der Waals surface area contributed by atoms with Crippen molar-refractivity contribution in [2.45, 2.75) is 20.3 Å². The third kappa shape index (κ3) is 3.84. The predicted octanol–water partition coefficient (Wildman–Crippen LogP) is 2.68. The molecule has 0 radical (unpaired) electrons. The number of aliphatic carboxylic acids is 1. The van der Waals surface area contributed by atoms with E-state index in [2.05, 4.69) is 21.2 Å². The average molecular weight is 314 g/mol. The smallest absolute Gasteiger partial charge is 0.309 e. The fourth-order valence-electron chi connectivity index (χ4n) is 1.34. The van der Waals surface area contributed by atoms with Gasteiger partial charge < -0.3 is 10.4 Å². The zero-order valence-electron chi connectivity index (χ0n) is 10.4. The van der Waals surface area contributed by atoms with Gasteiger partial charge in [-0.1, -0.05) is 12.1 Å². The molecule has 1 aromatic rings. The van der Waals surface area contributed by atoms with Crippen LogP contribution in [0, 0.1) is 5.41 Å². The first kappa shape index (κ1) is 14.7. The Morgan fingerprint density at radius 2 is 1.94 bits per heavy atom. The fourth-order valence-corrected chi connectivity index (χ4v) is 1.80. The molecule has 0 unspecified atom stereocenters. The van der Waals surface area contributed by atoms with Crippen LogP contribution in [0.25, 0.3) is 0 Å². The summed E-state index contributed by atoms with van der Waals surface area (Å²) < 4.78 is 0.722. The molecule has 0 spiro atoms. The highest BCUT2D eigenvalue weighted by Crippen LogP contribution is 2.20. The van der Waals surface area contributed by atoms with Gasteiger partial charge in [-0.05, 0) is 48.3 Å². The van der Waals surface area contributed by atoms with E-state index in [4.69, 9.17) is 5.11 Å². The summed E-state index contributed by atoms with van der Waals surface area (Å²) in [6.07, 6.45) is 0.387. The molecule has 1 aromatic carbocycles. The van der Waals surface area contributed by atoms with Crippen LogP contribution >= 0.6 is 15.9 Å². The molecule has 0 aliphatic carbocycles. The van der Waals surface area contributed by atoms with E-state index in [0.29, 0.717) is 18.5 Å². The third-order valence-corrected chi connectivity index (χ3v) is 3.42. The Labute approximate surface area is 115 Å². The van der Waals surface area contributed by atoms with Crippen molar-refractivity contribution in [3.05, 3.63) is 34.3 Å². The highest BCUT2D eigenvalue weighted by Gasteiger charge is 2.26. The third-order valence-electron chi connectivity index (χ3n) is 2.73. The van der Waals surface area contributed by atoms with E-state index >= 15 is 0 Å². The fraction of sp³-hybridized carbons (Fsp3) is 0.385. The number of carboxylic acids is 1. The minimum Gasteiger partial charge on any atom is -0.481 e. The number of hydrogen-bond acceptors (Lipinski definition) is 2. The van der Waals surface area contributed by atoms with Crippen molar-refractivity contribution in [1.82, 2.24) is 5.32 Å². The molecule has 0 saturated heterocycles. The monoisotopic (exact) mass is 313 g/mol. The number of carbonyl (C=O) groups is 2. The molecule has 0 heterocycles. The number of carboxylic acid groups (broad SMARTS) is 1. The molecule has 1 rings (SSSR count). The van der Waals surface area contributed by atoms with Crippen LogP contribution in [0.4, 0.5) is 0 Å². The Morgan fingerprint density at radius 1 is 1.33 bits per heavy atom. The van der Waals surface area contributed by atoms with Gasteiger partial charge in [-0.3, -0.25) is 9.59 Å². The molecule has 98 valence electrons. The van der Waals surface area contributed by atoms with Gasteiger partial charge in [0.05, 0.1) is 11.0 Å². The van der Waals surface area contributed by atoms with Crippen molar-refractivity contribution in [2.24, 2.45) is 5.41 Å². The second-order valence-corrected chi connectivity index (χ2v) is 5.53. The maximum Gasteiger partial charge on any atom is 0.309 e. The molecule has 4 nitrogen and oxygen atoms in total. The number of hydrogen-bond donors (Lipinski definition) is 2. The summed E-state index contributed by atoms with van der Waals surface area (Å²) in [6, 6.07) is 7.10. The highest BCUT2D eigenvalue weighted by atomic mass is 79.9. The number of halogens is 1. The van der Waals surface area contributed by atoms with Crippen molar-refractivity contribution in [3.63, 3.8) is 0 Å². The lowest BCUT2D eigenvalue weighted by Crippen LogP contribution is -2.32. The van der Waals surface area contributed by atoms with E-state index in [1.807, 2.05) is 6.07 Å². The molecule has 0 fully saturated rings. The molecule has 0 aromatic heterocycles. The number of nitrogens with one attached hydrogen (secondary N) is 1. The largest absolute Gasteiger partial charge is 0.481 e. The summed E-state index contributed by atoms with van der Waals surface area (Å²) in [5, 5.41) is 11.7. The van der Waals surface area contributed by atoms with Crippen LogP contribution in [-0.4, -0.2) is 23.5 Å². The lowest BCUT2D eigenvalue weighted by atomic mass is 9.90. The molecule has 1 amide bonds. The first-order chi connectivity index (χ1) is 8.34. The zero-order chi connectivity index (χ0) is 13.8. The quantitative estimate of drug-likeness (QED) is 0.878. The van der Waals surface area contributed by atoms with Crippen LogP contribution in [0.3, 0.4) is 0 Å². The summed E-state index contributed by atoms with van der Waals surface area (Å²) in [4.78, 5) is 22.7. The van der Waals surface area contributed by atoms with Gasteiger partial charge in [0.2, 0.25) is 0 Å². The van der Waals surface area contributed by atoms with Crippen LogP contribution in [0.5, 0.6) is 0 Å². The normalized spacial score (nSPS) is 11.1. The van der Waals surface area contributed by atoms with E-state index in [1.165, 1.54) is 0 Å². The molecule has 0 atom stereocenters.